The highest BCUT2D eigenvalue weighted by molar-refractivity contribution is 7.17. The summed E-state index contributed by atoms with van der Waals surface area (Å²) in [6, 6.07) is 11.8. The second kappa shape index (κ2) is 13.8. The zero-order valence-electron chi connectivity index (χ0n) is 26.3. The summed E-state index contributed by atoms with van der Waals surface area (Å²) < 4.78 is 12.6. The monoisotopic (exact) mass is 629 g/mol. The van der Waals surface area contributed by atoms with Crippen LogP contribution in [-0.2, 0) is 22.6 Å². The number of methoxy groups -OCH3 is 1. The van der Waals surface area contributed by atoms with E-state index in [1.165, 1.54) is 17.7 Å². The third kappa shape index (κ3) is 7.68. The number of ether oxygens (including phenoxy) is 1. The maximum absolute atomic E-state index is 13.5. The van der Waals surface area contributed by atoms with Crippen molar-refractivity contribution >= 4 is 40.1 Å². The van der Waals surface area contributed by atoms with Gasteiger partial charge in [0.2, 0.25) is 5.95 Å². The van der Waals surface area contributed by atoms with E-state index in [-0.39, 0.29) is 34.9 Å². The molecule has 0 bridgehead atoms. The number of anilines is 1. The average molecular weight is 630 g/mol. The van der Waals surface area contributed by atoms with E-state index in [9.17, 15) is 14.9 Å². The summed E-state index contributed by atoms with van der Waals surface area (Å²) in [5.41, 5.74) is 2.47. The number of hydrogen-bond donors (Lipinski definition) is 2. The van der Waals surface area contributed by atoms with Crippen molar-refractivity contribution in [3.63, 3.8) is 0 Å². The number of nitriles is 1. The second-order valence-corrected chi connectivity index (χ2v) is 13.5. The summed E-state index contributed by atoms with van der Waals surface area (Å²) in [7, 11) is 1.68. The van der Waals surface area contributed by atoms with Gasteiger partial charge in [0.25, 0.3) is 11.8 Å². The van der Waals surface area contributed by atoms with E-state index in [1.54, 1.807) is 30.3 Å². The molecule has 236 valence electrons. The molecule has 11 nitrogen and oxygen atoms in total. The fourth-order valence-corrected chi connectivity index (χ4v) is 6.35. The molecule has 2 atom stereocenters. The minimum atomic E-state index is -0.309. The minimum absolute atomic E-state index is 0.151. The molecule has 2 N–H and O–H groups in total. The number of benzene rings is 1. The molecule has 4 heterocycles. The number of fused-ring (bicyclic) bond motifs is 1. The van der Waals surface area contributed by atoms with E-state index >= 15 is 0 Å². The van der Waals surface area contributed by atoms with Crippen LogP contribution in [0.5, 0.6) is 0 Å². The number of carbonyl (C=O) groups is 2. The van der Waals surface area contributed by atoms with Crippen LogP contribution in [0.4, 0.5) is 5.95 Å². The summed E-state index contributed by atoms with van der Waals surface area (Å²) >= 11 is 1.30. The number of allylic oxidation sites excluding steroid dienone is 1. The van der Waals surface area contributed by atoms with Crippen molar-refractivity contribution in [3.8, 4) is 16.7 Å². The van der Waals surface area contributed by atoms with Gasteiger partial charge in [-0.25, -0.2) is 9.97 Å². The predicted octanol–water partition coefficient (Wildman–Crippen LogP) is 5.62. The molecule has 2 amide bonds. The molecule has 0 aliphatic carbocycles. The Labute approximate surface area is 266 Å². The van der Waals surface area contributed by atoms with Gasteiger partial charge in [-0.15, -0.1) is 11.3 Å². The van der Waals surface area contributed by atoms with Crippen LogP contribution in [-0.4, -0.2) is 63.6 Å². The largest absolute Gasteiger partial charge is 0.443 e. The van der Waals surface area contributed by atoms with Crippen molar-refractivity contribution in [2.75, 3.05) is 25.6 Å². The normalized spacial score (nSPS) is 16.2. The van der Waals surface area contributed by atoms with Crippen LogP contribution >= 0.6 is 11.3 Å². The molecule has 0 saturated carbocycles. The van der Waals surface area contributed by atoms with Gasteiger partial charge in [0.05, 0.1) is 39.6 Å². The van der Waals surface area contributed by atoms with Crippen LogP contribution in [0.2, 0.25) is 0 Å². The first-order valence-electron chi connectivity index (χ1n) is 15.0. The average Bonchev–Trinajstić information content (AvgIpc) is 3.81. The lowest BCUT2D eigenvalue weighted by molar-refractivity contribution is -0.127. The van der Waals surface area contributed by atoms with Crippen LogP contribution < -0.4 is 10.6 Å². The van der Waals surface area contributed by atoms with Gasteiger partial charge in [-0.2, -0.15) is 5.26 Å². The molecule has 12 heteroatoms. The maximum Gasteiger partial charge on any atom is 0.268 e. The Morgan fingerprint density at radius 2 is 2.11 bits per heavy atom. The number of hydrogen-bond acceptors (Lipinski definition) is 9. The van der Waals surface area contributed by atoms with Gasteiger partial charge in [-0.05, 0) is 55.0 Å². The lowest BCUT2D eigenvalue weighted by Gasteiger charge is -2.26. The van der Waals surface area contributed by atoms with Crippen molar-refractivity contribution in [2.45, 2.75) is 65.7 Å². The molecule has 45 heavy (non-hydrogen) atoms. The zero-order chi connectivity index (χ0) is 32.1. The number of nitrogens with zero attached hydrogens (tertiary/aromatic N) is 5. The molecule has 1 saturated heterocycles. The van der Waals surface area contributed by atoms with Crippen molar-refractivity contribution in [1.82, 2.24) is 24.8 Å². The van der Waals surface area contributed by atoms with Gasteiger partial charge >= 0.3 is 0 Å². The molecule has 1 aliphatic rings. The standard InChI is InChI=1S/C33H39N7O4S/c1-21(19-43-5)36-16-22-8-9-26-25(13-22)37-32(38-30(41)29-11-10-28(45-29)27-17-35-20-44-27)40(26)18-24-7-6-12-39(24)31(42)23(15-34)14-33(2,3)4/h8-11,13-14,17,20-21,24,36H,6-7,12,16,18-19H2,1-5H3,(H,37,38,41)/b23-14+/t21-,24-/m1/s1. The van der Waals surface area contributed by atoms with E-state index in [0.717, 1.165) is 34.3 Å². The van der Waals surface area contributed by atoms with Gasteiger partial charge < -0.3 is 23.9 Å². The molecule has 0 unspecified atom stereocenters. The smallest absolute Gasteiger partial charge is 0.268 e. The Kier molecular flexibility index (Phi) is 9.82. The molecule has 0 radical (unpaired) electrons. The van der Waals surface area contributed by atoms with Crippen molar-refractivity contribution in [3.05, 3.63) is 65.0 Å². The van der Waals surface area contributed by atoms with E-state index in [2.05, 4.69) is 28.6 Å². The first kappa shape index (κ1) is 32.1. The molecule has 4 aromatic rings. The lowest BCUT2D eigenvalue weighted by Crippen LogP contribution is -2.39. The van der Waals surface area contributed by atoms with Gasteiger partial charge in [0.1, 0.15) is 11.6 Å². The maximum atomic E-state index is 13.5. The van der Waals surface area contributed by atoms with E-state index in [0.29, 0.717) is 42.8 Å². The number of nitrogens with one attached hydrogen (secondary N) is 2. The minimum Gasteiger partial charge on any atom is -0.443 e. The summed E-state index contributed by atoms with van der Waals surface area (Å²) in [6.07, 6.45) is 6.30. The number of thiophene rings is 1. The number of amides is 2. The Morgan fingerprint density at radius 1 is 1.29 bits per heavy atom. The SMILES string of the molecule is COC[C@@H](C)NCc1ccc2c(c1)nc(NC(=O)c1ccc(-c3cnco3)s1)n2C[C@H]1CCCN1C(=O)/C(C#N)=C/C(C)(C)C. The molecule has 0 spiro atoms. The molecule has 1 fully saturated rings. The number of likely N-dealkylation sites (tertiary alicyclic amines) is 1. The molecular formula is C33H39N7O4S. The number of carbonyl (C=O) groups excluding carboxylic acids is 2. The van der Waals surface area contributed by atoms with Crippen LogP contribution in [0.3, 0.4) is 0 Å². The highest BCUT2D eigenvalue weighted by Crippen LogP contribution is 2.30. The quantitative estimate of drug-likeness (QED) is 0.161. The molecular weight excluding hydrogens is 590 g/mol. The molecule has 1 aliphatic heterocycles. The van der Waals surface area contributed by atoms with Gasteiger partial charge in [0, 0.05) is 32.8 Å². The highest BCUT2D eigenvalue weighted by atomic mass is 32.1. The summed E-state index contributed by atoms with van der Waals surface area (Å²) in [4.78, 5) is 38.9. The Hall–Kier alpha value is -4.31. The van der Waals surface area contributed by atoms with Gasteiger partial charge in [-0.1, -0.05) is 32.9 Å². The first-order chi connectivity index (χ1) is 21.6. The number of aromatic nitrogens is 3. The van der Waals surface area contributed by atoms with Crippen molar-refractivity contribution in [2.24, 2.45) is 5.41 Å². The number of oxazole rings is 1. The zero-order valence-corrected chi connectivity index (χ0v) is 27.1. The summed E-state index contributed by atoms with van der Waals surface area (Å²) in [5.74, 6) is 0.432. The summed E-state index contributed by atoms with van der Waals surface area (Å²) in [6.45, 7) is 10.2. The molecule has 5 rings (SSSR count). The fourth-order valence-electron chi connectivity index (χ4n) is 5.49. The second-order valence-electron chi connectivity index (χ2n) is 12.4. The summed E-state index contributed by atoms with van der Waals surface area (Å²) in [5, 5.41) is 16.3. The lowest BCUT2D eigenvalue weighted by atomic mass is 9.93. The number of imidazole rings is 1. The predicted molar refractivity (Wildman–Crippen MR) is 174 cm³/mol. The Balaban J connectivity index is 1.45. The Morgan fingerprint density at radius 3 is 2.82 bits per heavy atom. The number of rotatable bonds is 11. The van der Waals surface area contributed by atoms with Crippen molar-refractivity contribution < 1.29 is 18.7 Å². The first-order valence-corrected chi connectivity index (χ1v) is 15.8. The van der Waals surface area contributed by atoms with E-state index < -0.39 is 0 Å². The fraction of sp³-hybridized carbons (Fsp3) is 0.424. The van der Waals surface area contributed by atoms with E-state index in [4.69, 9.17) is 14.1 Å². The molecule has 3 aromatic heterocycles. The Bertz CT molecular complexity index is 1730. The third-order valence-electron chi connectivity index (χ3n) is 7.57. The van der Waals surface area contributed by atoms with Crippen LogP contribution in [0.15, 0.2) is 59.0 Å². The van der Waals surface area contributed by atoms with Crippen molar-refractivity contribution in [1.29, 1.82) is 5.26 Å². The topological polar surface area (TPSA) is 138 Å². The van der Waals surface area contributed by atoms with Gasteiger partial charge in [0.15, 0.2) is 12.2 Å². The van der Waals surface area contributed by atoms with Crippen LogP contribution in [0, 0.1) is 16.7 Å². The van der Waals surface area contributed by atoms with Gasteiger partial charge in [-0.3, -0.25) is 14.9 Å². The third-order valence-corrected chi connectivity index (χ3v) is 8.67. The molecule has 1 aromatic carbocycles. The highest BCUT2D eigenvalue weighted by Gasteiger charge is 2.32. The van der Waals surface area contributed by atoms with Crippen LogP contribution in [0.25, 0.3) is 21.7 Å². The van der Waals surface area contributed by atoms with E-state index in [1.807, 2.05) is 49.6 Å². The van der Waals surface area contributed by atoms with Crippen LogP contribution in [0.1, 0.15) is 55.8 Å².